The van der Waals surface area contributed by atoms with Crippen molar-refractivity contribution >= 4 is 38.1 Å². The van der Waals surface area contributed by atoms with E-state index in [2.05, 4.69) is 42.8 Å². The Kier molecular flexibility index (Phi) is 7.97. The van der Waals surface area contributed by atoms with E-state index in [1.807, 2.05) is 0 Å². The molecule has 1 nitrogen and oxygen atoms in total. The van der Waals surface area contributed by atoms with Crippen molar-refractivity contribution in [3.8, 4) is 0 Å². The normalized spacial score (nSPS) is 14.9. The predicted molar refractivity (Wildman–Crippen MR) is 123 cm³/mol. The third-order valence-electron chi connectivity index (χ3n) is 5.35. The number of unbranched alkanes of at least 4 members (excludes halogenated alkanes) is 6. The molecule has 0 atom stereocenters. The van der Waals surface area contributed by atoms with Crippen LogP contribution in [0.25, 0.3) is 10.9 Å². The Morgan fingerprint density at radius 2 is 1.69 bits per heavy atom. The van der Waals surface area contributed by atoms with Crippen LogP contribution in [0.4, 0.5) is 0 Å². The average molecular weight is 385 g/mol. The van der Waals surface area contributed by atoms with E-state index in [4.69, 9.17) is 0 Å². The second-order valence-corrected chi connectivity index (χ2v) is 9.96. The minimum absolute atomic E-state index is 1.22. The maximum atomic E-state index is 3.82. The van der Waals surface area contributed by atoms with Crippen molar-refractivity contribution in [1.82, 2.24) is 4.98 Å². The topological polar surface area (TPSA) is 15.8 Å². The van der Waals surface area contributed by atoms with E-state index in [1.54, 1.807) is 16.0 Å². The van der Waals surface area contributed by atoms with E-state index in [0.717, 1.165) is 0 Å². The van der Waals surface area contributed by atoms with E-state index in [1.165, 1.54) is 104 Å². The number of hydrogen-bond acceptors (Lipinski definition) is 0. The van der Waals surface area contributed by atoms with Crippen LogP contribution in [0.1, 0.15) is 82.0 Å². The lowest BCUT2D eigenvalue weighted by Gasteiger charge is -2.08. The van der Waals surface area contributed by atoms with Crippen molar-refractivity contribution in [3.63, 3.8) is 0 Å². The number of aryl methyl sites for hydroxylation is 2. The summed E-state index contributed by atoms with van der Waals surface area (Å²) in [6, 6.07) is 6.89. The first kappa shape index (κ1) is 19.9. The number of hydrogen-bond donors (Lipinski definition) is 1. The summed E-state index contributed by atoms with van der Waals surface area (Å²) in [6.45, 7) is 4.59. The third-order valence-corrected chi connectivity index (χ3v) is 8.17. The number of aromatic amines is 1. The van der Waals surface area contributed by atoms with Gasteiger partial charge in [-0.15, -0.1) is 0 Å². The Morgan fingerprint density at radius 1 is 0.923 bits per heavy atom. The van der Waals surface area contributed by atoms with Crippen molar-refractivity contribution in [1.29, 1.82) is 0 Å². The number of H-pyrrole nitrogens is 1. The first-order chi connectivity index (χ1) is 12.8. The van der Waals surface area contributed by atoms with Gasteiger partial charge in [0.25, 0.3) is 0 Å². The molecule has 3 heteroatoms. The maximum Gasteiger partial charge on any atom is 0.0465 e. The number of rotatable bonds is 11. The zero-order valence-corrected chi connectivity index (χ0v) is 18.3. The Bertz CT molecular complexity index is 770. The molecule has 2 heterocycles. The van der Waals surface area contributed by atoms with Crippen molar-refractivity contribution in [2.75, 3.05) is 6.16 Å². The fraction of sp³-hybridized carbons (Fsp3) is 0.565. The molecule has 1 aliphatic rings. The Hall–Kier alpha value is -0.900. The standard InChI is InChI=1S/C23H33NP2/c1-3-5-7-9-12-18-20(14-10-8-6-4-2)24-21-15-11-13-19(22(18)21)23-25-16-17-26-23/h11,13,15-16,24H,3-10,12,14,17H2,1-2H3. The van der Waals surface area contributed by atoms with Crippen LogP contribution in [-0.4, -0.2) is 22.0 Å². The molecule has 0 fully saturated rings. The summed E-state index contributed by atoms with van der Waals surface area (Å²) in [7, 11) is 2.93. The Balaban J connectivity index is 1.91. The summed E-state index contributed by atoms with van der Waals surface area (Å²) in [6.07, 6.45) is 14.4. The van der Waals surface area contributed by atoms with Gasteiger partial charge in [0.2, 0.25) is 0 Å². The molecule has 1 aromatic carbocycles. The van der Waals surface area contributed by atoms with Gasteiger partial charge < -0.3 is 4.98 Å². The highest BCUT2D eigenvalue weighted by Crippen LogP contribution is 2.34. The number of benzene rings is 1. The summed E-state index contributed by atoms with van der Waals surface area (Å²) >= 11 is 0. The van der Waals surface area contributed by atoms with Crippen LogP contribution in [0, 0.1) is 0 Å². The molecule has 140 valence electrons. The van der Waals surface area contributed by atoms with Gasteiger partial charge in [-0.25, -0.2) is 0 Å². The van der Waals surface area contributed by atoms with Crippen LogP contribution in [-0.2, 0) is 12.8 Å². The minimum atomic E-state index is 1.22. The highest BCUT2D eigenvalue weighted by atomic mass is 31.1. The van der Waals surface area contributed by atoms with Gasteiger partial charge in [-0.2, -0.15) is 0 Å². The van der Waals surface area contributed by atoms with Gasteiger partial charge in [0.05, 0.1) is 0 Å². The molecule has 1 N–H and O–H groups in total. The minimum Gasteiger partial charge on any atom is -0.358 e. The molecule has 0 radical (unpaired) electrons. The zero-order chi connectivity index (χ0) is 18.2. The average Bonchev–Trinajstić information content (AvgIpc) is 3.30. The van der Waals surface area contributed by atoms with E-state index in [9.17, 15) is 0 Å². The zero-order valence-electron chi connectivity index (χ0n) is 16.5. The fourth-order valence-electron chi connectivity index (χ4n) is 3.95. The van der Waals surface area contributed by atoms with Crippen molar-refractivity contribution < 1.29 is 0 Å². The lowest BCUT2D eigenvalue weighted by Crippen LogP contribution is -1.96. The molecule has 2 aromatic rings. The van der Waals surface area contributed by atoms with Gasteiger partial charge in [-0.05, 0) is 43.1 Å². The molecule has 1 aromatic heterocycles. The van der Waals surface area contributed by atoms with Gasteiger partial charge >= 0.3 is 0 Å². The molecule has 0 saturated carbocycles. The predicted octanol–water partition coefficient (Wildman–Crippen LogP) is 7.60. The largest absolute Gasteiger partial charge is 0.358 e. The van der Waals surface area contributed by atoms with E-state index < -0.39 is 0 Å². The molecule has 1 aliphatic heterocycles. The molecule has 0 bridgehead atoms. The fourth-order valence-corrected chi connectivity index (χ4v) is 6.45. The Labute approximate surface area is 162 Å². The summed E-state index contributed by atoms with van der Waals surface area (Å²) in [5, 5.41) is 3.14. The first-order valence-corrected chi connectivity index (χ1v) is 12.6. The third kappa shape index (κ3) is 4.88. The van der Waals surface area contributed by atoms with Gasteiger partial charge in [0, 0.05) is 33.4 Å². The second-order valence-electron chi connectivity index (χ2n) is 7.41. The lowest BCUT2D eigenvalue weighted by atomic mass is 9.98. The number of nitrogens with one attached hydrogen (secondary N) is 1. The smallest absolute Gasteiger partial charge is 0.0465 e. The van der Waals surface area contributed by atoms with Crippen molar-refractivity contribution in [2.45, 2.75) is 78.1 Å². The molecule has 0 saturated heterocycles. The summed E-state index contributed by atoms with van der Waals surface area (Å²) in [5.74, 6) is 2.41. The van der Waals surface area contributed by atoms with E-state index in [-0.39, 0.29) is 0 Å². The highest BCUT2D eigenvalue weighted by Gasteiger charge is 2.16. The molecular formula is C23H33NP2. The van der Waals surface area contributed by atoms with Gasteiger partial charge in [-0.1, -0.05) is 80.9 Å². The van der Waals surface area contributed by atoms with Crippen LogP contribution in [0.2, 0.25) is 0 Å². The molecule has 0 amide bonds. The molecular weight excluding hydrogens is 352 g/mol. The SMILES string of the molecule is CCCCCCc1[nH]c2cccc(C3=PCC=P3)c2c1CCCCCC. The molecule has 0 unspecified atom stereocenters. The van der Waals surface area contributed by atoms with Gasteiger partial charge in [0.15, 0.2) is 0 Å². The van der Waals surface area contributed by atoms with Crippen LogP contribution >= 0.6 is 16.4 Å². The highest BCUT2D eigenvalue weighted by molar-refractivity contribution is 7.77. The van der Waals surface area contributed by atoms with Crippen molar-refractivity contribution in [3.05, 3.63) is 35.0 Å². The van der Waals surface area contributed by atoms with Gasteiger partial charge in [0.1, 0.15) is 0 Å². The quantitative estimate of drug-likeness (QED) is 0.303. The number of fused-ring (bicyclic) bond motifs is 1. The van der Waals surface area contributed by atoms with Crippen molar-refractivity contribution in [2.24, 2.45) is 0 Å². The van der Waals surface area contributed by atoms with E-state index in [0.29, 0.717) is 0 Å². The molecule has 26 heavy (non-hydrogen) atoms. The van der Waals surface area contributed by atoms with Crippen LogP contribution in [0.15, 0.2) is 18.2 Å². The molecule has 0 aliphatic carbocycles. The second kappa shape index (κ2) is 10.4. The van der Waals surface area contributed by atoms with Crippen LogP contribution in [0.5, 0.6) is 0 Å². The first-order valence-electron chi connectivity index (χ1n) is 10.5. The monoisotopic (exact) mass is 385 g/mol. The Morgan fingerprint density at radius 3 is 2.38 bits per heavy atom. The van der Waals surface area contributed by atoms with E-state index >= 15 is 0 Å². The molecule has 0 spiro atoms. The van der Waals surface area contributed by atoms with Gasteiger partial charge in [-0.3, -0.25) is 0 Å². The summed E-state index contributed by atoms with van der Waals surface area (Å²) in [5.41, 5.74) is 6.04. The summed E-state index contributed by atoms with van der Waals surface area (Å²) < 4.78 is 0. The number of aromatic nitrogens is 1. The van der Waals surface area contributed by atoms with Crippen LogP contribution < -0.4 is 0 Å². The maximum absolute atomic E-state index is 3.82. The molecule has 3 rings (SSSR count). The summed E-state index contributed by atoms with van der Waals surface area (Å²) in [4.78, 5) is 3.82. The van der Waals surface area contributed by atoms with Crippen LogP contribution in [0.3, 0.4) is 0 Å². The lowest BCUT2D eigenvalue weighted by molar-refractivity contribution is 0.648.